The van der Waals surface area contributed by atoms with Crippen LogP contribution in [-0.4, -0.2) is 86.5 Å². The molecule has 4 rings (SSSR count). The lowest BCUT2D eigenvalue weighted by molar-refractivity contribution is -0.0423. The number of hydrogen-bond acceptors (Lipinski definition) is 16. The van der Waals surface area contributed by atoms with Crippen LogP contribution in [0.2, 0.25) is 0 Å². The van der Waals surface area contributed by atoms with Crippen LogP contribution in [0.5, 0.6) is 0 Å². The van der Waals surface area contributed by atoms with E-state index in [1.807, 2.05) is 12.1 Å². The lowest BCUT2D eigenvalue weighted by Crippen LogP contribution is -2.26. The summed E-state index contributed by atoms with van der Waals surface area (Å²) in [7, 11) is -13.8. The van der Waals surface area contributed by atoms with Gasteiger partial charge in [-0.05, 0) is 22.9 Å². The van der Waals surface area contributed by atoms with Crippen molar-refractivity contribution in [2.45, 2.75) is 29.9 Å². The summed E-state index contributed by atoms with van der Waals surface area (Å²) in [6.07, 6.45) is -0.229. The SMILES string of the molecule is O=C(Nc1ncnc2c1ncn2C1CC(O)C(COP(=O)(O)OP(=O)(O)OP(=O)(O)O)O1)OCCSSc1ccccn1. The topological polar surface area (TPSA) is 284 Å². The second kappa shape index (κ2) is 14.4. The summed E-state index contributed by atoms with van der Waals surface area (Å²) < 4.78 is 58.2. The molecule has 3 aromatic rings. The summed E-state index contributed by atoms with van der Waals surface area (Å²) in [4.78, 5) is 64.8. The van der Waals surface area contributed by atoms with Gasteiger partial charge in [-0.2, -0.15) is 8.62 Å². The summed E-state index contributed by atoms with van der Waals surface area (Å²) in [5.41, 5.74) is 0.354. The van der Waals surface area contributed by atoms with Gasteiger partial charge in [-0.3, -0.25) is 14.4 Å². The Morgan fingerprint density at radius 2 is 1.88 bits per heavy atom. The van der Waals surface area contributed by atoms with Crippen molar-refractivity contribution in [2.75, 3.05) is 24.3 Å². The number of aromatic nitrogens is 5. The number of aliphatic hydroxyl groups excluding tert-OH is 1. The standard InChI is InChI=1S/C18H23N6O14P3S2/c25-11-7-14(36-12(11)8-35-40(30,31)38-41(32,33)37-39(27,28)29)24-10-22-15-16(20-9-21-17(15)24)23-18(26)34-5-6-42-43-13-3-1-2-4-19-13/h1-4,9-12,14,25H,5-8H2,(H,30,31)(H,32,33)(H2,27,28,29)(H,20,21,23,26). The first-order valence-electron chi connectivity index (χ1n) is 11.6. The van der Waals surface area contributed by atoms with Gasteiger partial charge in [0.25, 0.3) is 0 Å². The Labute approximate surface area is 249 Å². The highest BCUT2D eigenvalue weighted by Crippen LogP contribution is 2.66. The minimum absolute atomic E-state index is 0.0343. The number of phosphoric ester groups is 1. The van der Waals surface area contributed by atoms with Crippen molar-refractivity contribution in [1.82, 2.24) is 24.5 Å². The maximum atomic E-state index is 12.3. The van der Waals surface area contributed by atoms with Crippen molar-refractivity contribution in [2.24, 2.45) is 0 Å². The molecule has 0 aliphatic carbocycles. The molecule has 5 unspecified atom stereocenters. The summed E-state index contributed by atoms with van der Waals surface area (Å²) in [6, 6.07) is 5.52. The molecule has 5 atom stereocenters. The highest BCUT2D eigenvalue weighted by molar-refractivity contribution is 8.76. The lowest BCUT2D eigenvalue weighted by atomic mass is 10.2. The Balaban J connectivity index is 1.30. The number of imidazole rings is 1. The number of amides is 1. The Morgan fingerprint density at radius 1 is 1.09 bits per heavy atom. The zero-order valence-corrected chi connectivity index (χ0v) is 25.6. The predicted molar refractivity (Wildman–Crippen MR) is 147 cm³/mol. The van der Waals surface area contributed by atoms with Gasteiger partial charge in [0, 0.05) is 18.4 Å². The van der Waals surface area contributed by atoms with Crippen molar-refractivity contribution in [3.8, 4) is 0 Å². The monoisotopic (exact) mass is 704 g/mol. The fraction of sp³-hybridized carbons (Fsp3) is 0.389. The number of rotatable bonds is 14. The van der Waals surface area contributed by atoms with Gasteiger partial charge in [-0.1, -0.05) is 16.9 Å². The van der Waals surface area contributed by atoms with Crippen LogP contribution in [0.4, 0.5) is 10.6 Å². The van der Waals surface area contributed by atoms with E-state index >= 15 is 0 Å². The number of carbonyl (C=O) groups excluding carboxylic acids is 1. The van der Waals surface area contributed by atoms with Crippen molar-refractivity contribution in [3.63, 3.8) is 0 Å². The first kappa shape index (κ1) is 33.9. The van der Waals surface area contributed by atoms with E-state index in [0.717, 1.165) is 11.4 Å². The molecule has 1 saturated heterocycles. The highest BCUT2D eigenvalue weighted by atomic mass is 33.1. The largest absolute Gasteiger partial charge is 0.490 e. The number of nitrogens with one attached hydrogen (secondary N) is 1. The Bertz CT molecular complexity index is 1560. The van der Waals surface area contributed by atoms with Crippen LogP contribution in [0.25, 0.3) is 11.2 Å². The van der Waals surface area contributed by atoms with Gasteiger partial charge in [0.2, 0.25) is 0 Å². The number of hydrogen-bond donors (Lipinski definition) is 6. The van der Waals surface area contributed by atoms with E-state index in [9.17, 15) is 33.4 Å². The molecule has 236 valence electrons. The van der Waals surface area contributed by atoms with Crippen LogP contribution in [-0.2, 0) is 36.3 Å². The number of ether oxygens (including phenoxy) is 2. The quantitative estimate of drug-likeness (QED) is 0.0796. The zero-order chi connectivity index (χ0) is 31.3. The number of pyridine rings is 1. The van der Waals surface area contributed by atoms with E-state index < -0.39 is 54.6 Å². The first-order valence-corrected chi connectivity index (χ1v) is 18.5. The second-order valence-corrected chi connectivity index (χ2v) is 15.1. The van der Waals surface area contributed by atoms with Gasteiger partial charge in [-0.25, -0.2) is 38.4 Å². The Kier molecular flexibility index (Phi) is 11.3. The molecule has 1 aliphatic heterocycles. The molecule has 0 radical (unpaired) electrons. The van der Waals surface area contributed by atoms with Gasteiger partial charge in [0.05, 0.1) is 19.0 Å². The van der Waals surface area contributed by atoms with Gasteiger partial charge < -0.3 is 34.2 Å². The van der Waals surface area contributed by atoms with E-state index in [2.05, 4.69) is 38.4 Å². The molecule has 6 N–H and O–H groups in total. The second-order valence-electron chi connectivity index (χ2n) is 8.20. The highest BCUT2D eigenvalue weighted by Gasteiger charge is 2.43. The van der Waals surface area contributed by atoms with Crippen LogP contribution in [0, 0.1) is 0 Å². The summed E-state index contributed by atoms with van der Waals surface area (Å²) in [5, 5.41) is 13.7. The molecule has 25 heteroatoms. The van der Waals surface area contributed by atoms with E-state index in [-0.39, 0.29) is 30.0 Å². The van der Waals surface area contributed by atoms with Crippen LogP contribution in [0.3, 0.4) is 0 Å². The molecule has 0 saturated carbocycles. The third-order valence-electron chi connectivity index (χ3n) is 5.09. The van der Waals surface area contributed by atoms with E-state index in [1.165, 1.54) is 32.5 Å². The van der Waals surface area contributed by atoms with Crippen LogP contribution >= 0.6 is 45.1 Å². The third kappa shape index (κ3) is 10.3. The Hall–Kier alpha value is -2.00. The Morgan fingerprint density at radius 3 is 2.60 bits per heavy atom. The number of anilines is 1. The van der Waals surface area contributed by atoms with Gasteiger partial charge in [0.1, 0.15) is 30.3 Å². The van der Waals surface area contributed by atoms with Crippen molar-refractivity contribution in [1.29, 1.82) is 0 Å². The fourth-order valence-corrected chi connectivity index (χ4v) is 8.20. The molecule has 0 aromatic carbocycles. The van der Waals surface area contributed by atoms with Crippen LogP contribution < -0.4 is 5.32 Å². The van der Waals surface area contributed by atoms with Gasteiger partial charge in [0.15, 0.2) is 17.0 Å². The average molecular weight is 704 g/mol. The van der Waals surface area contributed by atoms with E-state index in [0.29, 0.717) is 5.75 Å². The van der Waals surface area contributed by atoms with Crippen molar-refractivity contribution < 1.29 is 65.8 Å². The molecule has 0 spiro atoms. The molecule has 1 fully saturated rings. The van der Waals surface area contributed by atoms with Crippen LogP contribution in [0.1, 0.15) is 12.6 Å². The van der Waals surface area contributed by atoms with Crippen molar-refractivity contribution in [3.05, 3.63) is 37.1 Å². The fourth-order valence-electron chi connectivity index (χ4n) is 3.46. The normalized spacial score (nSPS) is 21.7. The molecule has 3 aromatic heterocycles. The molecule has 4 heterocycles. The average Bonchev–Trinajstić information content (AvgIpc) is 3.49. The minimum Gasteiger partial charge on any atom is -0.448 e. The van der Waals surface area contributed by atoms with E-state index in [4.69, 9.17) is 19.3 Å². The number of aliphatic hydroxyl groups is 1. The molecule has 20 nitrogen and oxygen atoms in total. The molecule has 43 heavy (non-hydrogen) atoms. The maximum Gasteiger partial charge on any atom is 0.490 e. The smallest absolute Gasteiger partial charge is 0.448 e. The molecule has 1 amide bonds. The van der Waals surface area contributed by atoms with Gasteiger partial charge >= 0.3 is 29.6 Å². The first-order chi connectivity index (χ1) is 20.2. The third-order valence-corrected chi connectivity index (χ3v) is 11.1. The number of nitrogens with zero attached hydrogens (tertiary/aromatic N) is 5. The lowest BCUT2D eigenvalue weighted by Gasteiger charge is -2.19. The van der Waals surface area contributed by atoms with Crippen molar-refractivity contribution >= 4 is 68.1 Å². The molecular formula is C18H23N6O14P3S2. The van der Waals surface area contributed by atoms with E-state index in [1.54, 1.807) is 12.3 Å². The van der Waals surface area contributed by atoms with Crippen LogP contribution in [0.15, 0.2) is 42.1 Å². The number of phosphoric acid groups is 3. The number of carbonyl (C=O) groups is 1. The number of fused-ring (bicyclic) bond motifs is 1. The summed E-state index contributed by atoms with van der Waals surface area (Å²) >= 11 is 0. The zero-order valence-electron chi connectivity index (χ0n) is 21.3. The predicted octanol–water partition coefficient (Wildman–Crippen LogP) is 2.20. The van der Waals surface area contributed by atoms with Gasteiger partial charge in [-0.15, -0.1) is 0 Å². The summed E-state index contributed by atoms with van der Waals surface area (Å²) in [6.45, 7) is -0.741. The molecule has 1 aliphatic rings. The molecule has 0 bridgehead atoms. The summed E-state index contributed by atoms with van der Waals surface area (Å²) in [5.74, 6) is 0.527. The minimum atomic E-state index is -5.70. The molecular weight excluding hydrogens is 681 g/mol. The maximum absolute atomic E-state index is 12.3.